The van der Waals surface area contributed by atoms with Crippen molar-refractivity contribution in [3.05, 3.63) is 104 Å². The van der Waals surface area contributed by atoms with E-state index in [2.05, 4.69) is 30.6 Å². The minimum Gasteiger partial charge on any atom is -0.351 e. The summed E-state index contributed by atoms with van der Waals surface area (Å²) in [5.41, 5.74) is 3.23. The number of hydrogen-bond acceptors (Lipinski definition) is 11. The maximum Gasteiger partial charge on any atom is 0.259 e. The summed E-state index contributed by atoms with van der Waals surface area (Å²) in [4.78, 5) is 43.6. The van der Waals surface area contributed by atoms with Crippen LogP contribution in [0, 0.1) is 0 Å². The SMILES string of the molecule is Cn1c(=O)c(-c2ccccc2Cl)cc2cnc(NC3CCS(=O)(=O)CC3)nc21.Cn1c(=O)c(-c2ccccc2Cl)cc2cnc(NC3CCSCC3)nc21. The first kappa shape index (κ1) is 37.8. The number of anilines is 2. The maximum atomic E-state index is 12.9. The summed E-state index contributed by atoms with van der Waals surface area (Å²) >= 11 is 14.5. The number of fused-ring (bicyclic) bond motifs is 2. The van der Waals surface area contributed by atoms with E-state index in [0.717, 1.165) is 35.3 Å². The molecule has 2 N–H and O–H groups in total. The van der Waals surface area contributed by atoms with Crippen LogP contribution in [0.15, 0.2) is 82.6 Å². The quantitative estimate of drug-likeness (QED) is 0.187. The highest BCUT2D eigenvalue weighted by Crippen LogP contribution is 2.29. The van der Waals surface area contributed by atoms with E-state index in [-0.39, 0.29) is 28.7 Å². The summed E-state index contributed by atoms with van der Waals surface area (Å²) in [5.74, 6) is 3.61. The van der Waals surface area contributed by atoms with Crippen molar-refractivity contribution >= 4 is 78.8 Å². The van der Waals surface area contributed by atoms with Crippen molar-refractivity contribution in [1.29, 1.82) is 0 Å². The number of hydrogen-bond donors (Lipinski definition) is 2. The molecule has 6 aromatic rings. The van der Waals surface area contributed by atoms with Gasteiger partial charge >= 0.3 is 0 Å². The van der Waals surface area contributed by atoms with E-state index in [1.165, 1.54) is 4.57 Å². The Bertz CT molecular complexity index is 2580. The number of aryl methyl sites for hydroxylation is 2. The molecule has 0 aliphatic carbocycles. The lowest BCUT2D eigenvalue weighted by Gasteiger charge is -2.23. The summed E-state index contributed by atoms with van der Waals surface area (Å²) < 4.78 is 26.2. The number of thioether (sulfide) groups is 1. The number of nitrogens with one attached hydrogen (secondary N) is 2. The molecule has 0 saturated carbocycles. The van der Waals surface area contributed by atoms with E-state index in [0.29, 0.717) is 74.2 Å². The summed E-state index contributed by atoms with van der Waals surface area (Å²) in [5, 5.41) is 9.18. The fourth-order valence-electron chi connectivity index (χ4n) is 6.62. The van der Waals surface area contributed by atoms with Crippen LogP contribution in [0.4, 0.5) is 11.9 Å². The third kappa shape index (κ3) is 8.26. The average molecular weight is 806 g/mol. The third-order valence-corrected chi connectivity index (χ3v) is 13.1. The second-order valence-electron chi connectivity index (χ2n) is 13.4. The molecule has 8 rings (SSSR count). The van der Waals surface area contributed by atoms with Crippen LogP contribution < -0.4 is 21.8 Å². The van der Waals surface area contributed by atoms with Crippen LogP contribution >= 0.6 is 35.0 Å². The molecule has 12 nitrogen and oxygen atoms in total. The Morgan fingerprint density at radius 2 is 1.09 bits per heavy atom. The standard InChI is InChI=1S/C19H19ClN4O3S.C19H19ClN4OS/c1-24-17-12(10-15(18(24)25)14-4-2-3-5-16(14)20)11-21-19(23-17)22-13-6-8-28(26,27)9-7-13;1-24-17-12(10-15(18(24)25)14-4-2-3-5-16(14)20)11-21-19(23-17)22-13-6-8-26-9-7-13/h2-5,10-11,13H,6-9H2,1H3,(H,21,22,23);2-5,10-11,13H,6-9H2,1H3,(H,21,22,23). The number of aromatic nitrogens is 6. The molecular formula is C38H38Cl2N8O4S2. The van der Waals surface area contributed by atoms with Crippen molar-refractivity contribution in [1.82, 2.24) is 29.1 Å². The number of rotatable bonds is 6. The Hall–Kier alpha value is -4.50. The third-order valence-electron chi connectivity index (χ3n) is 9.67. The molecule has 0 unspecified atom stereocenters. The summed E-state index contributed by atoms with van der Waals surface area (Å²) in [7, 11) is 0.470. The highest BCUT2D eigenvalue weighted by atomic mass is 35.5. The van der Waals surface area contributed by atoms with E-state index in [9.17, 15) is 18.0 Å². The van der Waals surface area contributed by atoms with Crippen molar-refractivity contribution in [3.8, 4) is 22.3 Å². The fraction of sp³-hybridized carbons (Fsp3) is 0.316. The van der Waals surface area contributed by atoms with Gasteiger partial charge in [0.25, 0.3) is 11.1 Å². The van der Waals surface area contributed by atoms with Crippen molar-refractivity contribution in [2.45, 2.75) is 37.8 Å². The molecule has 0 atom stereocenters. The summed E-state index contributed by atoms with van der Waals surface area (Å²) in [6, 6.07) is 18.5. The predicted molar refractivity (Wildman–Crippen MR) is 220 cm³/mol. The highest BCUT2D eigenvalue weighted by Gasteiger charge is 2.24. The number of halogens is 2. The topological polar surface area (TPSA) is 154 Å². The lowest BCUT2D eigenvalue weighted by atomic mass is 10.1. The smallest absolute Gasteiger partial charge is 0.259 e. The van der Waals surface area contributed by atoms with Gasteiger partial charge in [-0.15, -0.1) is 0 Å². The Balaban J connectivity index is 0.000000167. The second kappa shape index (κ2) is 16.1. The van der Waals surface area contributed by atoms with Gasteiger partial charge in [0.15, 0.2) is 0 Å². The molecule has 2 aromatic carbocycles. The first-order chi connectivity index (χ1) is 26.0. The fourth-order valence-corrected chi connectivity index (χ4v) is 9.69. The van der Waals surface area contributed by atoms with Gasteiger partial charge in [-0.25, -0.2) is 18.4 Å². The van der Waals surface area contributed by atoms with E-state index < -0.39 is 9.84 Å². The van der Waals surface area contributed by atoms with Crippen LogP contribution in [0.5, 0.6) is 0 Å². The first-order valence-electron chi connectivity index (χ1n) is 17.5. The van der Waals surface area contributed by atoms with Crippen molar-refractivity contribution in [2.24, 2.45) is 14.1 Å². The van der Waals surface area contributed by atoms with Gasteiger partial charge in [0.1, 0.15) is 21.1 Å². The van der Waals surface area contributed by atoms with Gasteiger partial charge in [0, 0.05) is 81.6 Å². The minimum atomic E-state index is -2.93. The summed E-state index contributed by atoms with van der Waals surface area (Å²) in [6.07, 6.45) is 6.68. The summed E-state index contributed by atoms with van der Waals surface area (Å²) in [6.45, 7) is 0. The highest BCUT2D eigenvalue weighted by molar-refractivity contribution is 7.99. The Morgan fingerprint density at radius 1 is 0.667 bits per heavy atom. The average Bonchev–Trinajstić information content (AvgIpc) is 3.17. The van der Waals surface area contributed by atoms with Crippen LogP contribution in [-0.2, 0) is 23.9 Å². The Kier molecular flexibility index (Phi) is 11.3. The molecule has 2 aliphatic rings. The molecule has 0 radical (unpaired) electrons. The monoisotopic (exact) mass is 804 g/mol. The van der Waals surface area contributed by atoms with E-state index in [1.807, 2.05) is 48.2 Å². The lowest BCUT2D eigenvalue weighted by Crippen LogP contribution is -2.32. The zero-order valence-electron chi connectivity index (χ0n) is 29.6. The number of benzene rings is 2. The zero-order chi connectivity index (χ0) is 38.0. The number of nitrogens with zero attached hydrogens (tertiary/aromatic N) is 6. The molecule has 16 heteroatoms. The van der Waals surface area contributed by atoms with Crippen LogP contribution in [-0.4, -0.2) is 72.6 Å². The van der Waals surface area contributed by atoms with E-state index in [1.54, 1.807) is 55.3 Å². The Morgan fingerprint density at radius 3 is 1.54 bits per heavy atom. The van der Waals surface area contributed by atoms with Gasteiger partial charge in [0.05, 0.1) is 11.5 Å². The van der Waals surface area contributed by atoms with Gasteiger partial charge in [-0.3, -0.25) is 18.7 Å². The second-order valence-corrected chi connectivity index (χ2v) is 17.7. The normalized spacial score (nSPS) is 16.1. The van der Waals surface area contributed by atoms with Crippen LogP contribution in [0.3, 0.4) is 0 Å². The molecule has 280 valence electrons. The van der Waals surface area contributed by atoms with Crippen LogP contribution in [0.1, 0.15) is 25.7 Å². The van der Waals surface area contributed by atoms with Crippen molar-refractivity contribution in [3.63, 3.8) is 0 Å². The largest absolute Gasteiger partial charge is 0.351 e. The minimum absolute atomic E-state index is 0.000372. The zero-order valence-corrected chi connectivity index (χ0v) is 32.8. The molecule has 54 heavy (non-hydrogen) atoms. The molecule has 2 aliphatic heterocycles. The molecule has 6 heterocycles. The maximum absolute atomic E-state index is 12.9. The molecule has 2 saturated heterocycles. The molecule has 4 aromatic heterocycles. The van der Waals surface area contributed by atoms with Crippen LogP contribution in [0.25, 0.3) is 44.3 Å². The molecule has 0 bridgehead atoms. The molecule has 0 spiro atoms. The van der Waals surface area contributed by atoms with Crippen LogP contribution in [0.2, 0.25) is 10.0 Å². The molecule has 2 fully saturated rings. The van der Waals surface area contributed by atoms with Crippen molar-refractivity contribution in [2.75, 3.05) is 33.6 Å². The predicted octanol–water partition coefficient (Wildman–Crippen LogP) is 6.59. The van der Waals surface area contributed by atoms with Gasteiger partial charge in [-0.05, 0) is 61.5 Å². The lowest BCUT2D eigenvalue weighted by molar-refractivity contribution is 0.558. The molecular weight excluding hydrogens is 768 g/mol. The van der Waals surface area contributed by atoms with Gasteiger partial charge < -0.3 is 10.6 Å². The first-order valence-corrected chi connectivity index (χ1v) is 21.3. The van der Waals surface area contributed by atoms with E-state index >= 15 is 0 Å². The number of pyridine rings is 2. The molecule has 0 amide bonds. The van der Waals surface area contributed by atoms with Gasteiger partial charge in [0.2, 0.25) is 11.9 Å². The Labute approximate surface area is 326 Å². The van der Waals surface area contributed by atoms with Gasteiger partial charge in [-0.1, -0.05) is 59.6 Å². The van der Waals surface area contributed by atoms with Crippen molar-refractivity contribution < 1.29 is 8.42 Å². The number of sulfone groups is 1. The van der Waals surface area contributed by atoms with E-state index in [4.69, 9.17) is 23.2 Å². The van der Waals surface area contributed by atoms with Gasteiger partial charge in [-0.2, -0.15) is 21.7 Å².